The second kappa shape index (κ2) is 8.03. The van der Waals surface area contributed by atoms with Crippen LogP contribution in [0.1, 0.15) is 33.6 Å². The van der Waals surface area contributed by atoms with Crippen LogP contribution < -0.4 is 0 Å². The van der Waals surface area contributed by atoms with Gasteiger partial charge in [-0.1, -0.05) is 6.92 Å². The number of hydrogen-bond acceptors (Lipinski definition) is 4. The van der Waals surface area contributed by atoms with Gasteiger partial charge in [0.25, 0.3) is 0 Å². The average Bonchev–Trinajstić information content (AvgIpc) is 2.67. The second-order valence-corrected chi connectivity index (χ2v) is 4.68. The van der Waals surface area contributed by atoms with Gasteiger partial charge in [-0.15, -0.1) is 0 Å². The standard InChI is InChI=1S/C13H27NO3/c1-4-16-13(17-5-2)7-9-14-8-6-11(3)12(14)10-15/h11-13,15H,4-10H2,1-3H3. The third-order valence-corrected chi connectivity index (χ3v) is 3.54. The third kappa shape index (κ3) is 4.54. The summed E-state index contributed by atoms with van der Waals surface area (Å²) in [4.78, 5) is 2.36. The van der Waals surface area contributed by atoms with Gasteiger partial charge in [-0.25, -0.2) is 0 Å². The monoisotopic (exact) mass is 245 g/mol. The number of aliphatic hydroxyl groups excluding tert-OH is 1. The fourth-order valence-corrected chi connectivity index (χ4v) is 2.52. The Hall–Kier alpha value is -0.160. The van der Waals surface area contributed by atoms with Gasteiger partial charge in [0.1, 0.15) is 0 Å². The molecule has 0 aliphatic carbocycles. The summed E-state index contributed by atoms with van der Waals surface area (Å²) in [7, 11) is 0. The van der Waals surface area contributed by atoms with E-state index in [0.717, 1.165) is 19.5 Å². The molecule has 1 N–H and O–H groups in total. The first-order valence-electron chi connectivity index (χ1n) is 6.81. The van der Waals surface area contributed by atoms with Gasteiger partial charge in [-0.05, 0) is 32.7 Å². The second-order valence-electron chi connectivity index (χ2n) is 4.68. The van der Waals surface area contributed by atoms with Crippen LogP contribution in [-0.4, -0.2) is 55.2 Å². The van der Waals surface area contributed by atoms with Gasteiger partial charge in [0, 0.05) is 32.2 Å². The molecule has 0 bridgehead atoms. The Morgan fingerprint density at radius 1 is 1.29 bits per heavy atom. The van der Waals surface area contributed by atoms with Crippen LogP contribution in [0.3, 0.4) is 0 Å². The van der Waals surface area contributed by atoms with E-state index in [9.17, 15) is 5.11 Å². The highest BCUT2D eigenvalue weighted by molar-refractivity contribution is 4.84. The normalized spacial score (nSPS) is 25.9. The predicted octanol–water partition coefficient (Wildman–Crippen LogP) is 1.48. The highest BCUT2D eigenvalue weighted by atomic mass is 16.7. The van der Waals surface area contributed by atoms with Crippen molar-refractivity contribution < 1.29 is 14.6 Å². The topological polar surface area (TPSA) is 41.9 Å². The van der Waals surface area contributed by atoms with Gasteiger partial charge in [0.05, 0.1) is 6.61 Å². The van der Waals surface area contributed by atoms with Crippen molar-refractivity contribution in [2.75, 3.05) is 32.9 Å². The third-order valence-electron chi connectivity index (χ3n) is 3.54. The molecule has 4 heteroatoms. The number of nitrogens with zero attached hydrogens (tertiary/aromatic N) is 1. The zero-order valence-corrected chi connectivity index (χ0v) is 11.4. The molecular formula is C13H27NO3. The first kappa shape index (κ1) is 14.9. The van der Waals surface area contributed by atoms with Crippen LogP contribution in [-0.2, 0) is 9.47 Å². The Morgan fingerprint density at radius 2 is 1.94 bits per heavy atom. The number of ether oxygens (including phenoxy) is 2. The molecule has 1 saturated heterocycles. The zero-order chi connectivity index (χ0) is 12.7. The number of likely N-dealkylation sites (tertiary alicyclic amines) is 1. The Labute approximate surface area is 105 Å². The van der Waals surface area contributed by atoms with Crippen LogP contribution in [0.15, 0.2) is 0 Å². The van der Waals surface area contributed by atoms with Crippen molar-refractivity contribution in [2.45, 2.75) is 45.9 Å². The van der Waals surface area contributed by atoms with Crippen molar-refractivity contribution >= 4 is 0 Å². The Morgan fingerprint density at radius 3 is 2.47 bits per heavy atom. The lowest BCUT2D eigenvalue weighted by Crippen LogP contribution is -2.37. The smallest absolute Gasteiger partial charge is 0.158 e. The van der Waals surface area contributed by atoms with Crippen molar-refractivity contribution in [1.82, 2.24) is 4.90 Å². The van der Waals surface area contributed by atoms with Gasteiger partial charge < -0.3 is 14.6 Å². The van der Waals surface area contributed by atoms with Crippen LogP contribution >= 0.6 is 0 Å². The molecule has 0 radical (unpaired) electrons. The van der Waals surface area contributed by atoms with E-state index < -0.39 is 0 Å². The van der Waals surface area contributed by atoms with Gasteiger partial charge in [-0.2, -0.15) is 0 Å². The molecule has 0 aromatic carbocycles. The molecule has 17 heavy (non-hydrogen) atoms. The number of hydrogen-bond donors (Lipinski definition) is 1. The van der Waals surface area contributed by atoms with E-state index in [1.165, 1.54) is 6.42 Å². The zero-order valence-electron chi connectivity index (χ0n) is 11.4. The van der Waals surface area contributed by atoms with E-state index in [-0.39, 0.29) is 12.9 Å². The van der Waals surface area contributed by atoms with Crippen LogP contribution in [0.25, 0.3) is 0 Å². The molecule has 102 valence electrons. The van der Waals surface area contributed by atoms with Crippen molar-refractivity contribution in [1.29, 1.82) is 0 Å². The highest BCUT2D eigenvalue weighted by Gasteiger charge is 2.30. The summed E-state index contributed by atoms with van der Waals surface area (Å²) in [5.74, 6) is 0.595. The lowest BCUT2D eigenvalue weighted by molar-refractivity contribution is -0.142. The molecule has 0 aromatic heterocycles. The molecule has 0 spiro atoms. The minimum absolute atomic E-state index is 0.0970. The van der Waals surface area contributed by atoms with E-state index >= 15 is 0 Å². The Bertz CT molecular complexity index is 195. The van der Waals surface area contributed by atoms with Gasteiger partial charge in [-0.3, -0.25) is 4.90 Å². The van der Waals surface area contributed by atoms with Crippen LogP contribution in [0.2, 0.25) is 0 Å². The van der Waals surface area contributed by atoms with E-state index in [1.54, 1.807) is 0 Å². The maximum absolute atomic E-state index is 9.37. The maximum atomic E-state index is 9.37. The molecule has 2 unspecified atom stereocenters. The predicted molar refractivity (Wildman–Crippen MR) is 67.9 cm³/mol. The molecule has 0 aromatic rings. The molecule has 1 heterocycles. The van der Waals surface area contributed by atoms with Crippen molar-refractivity contribution in [3.8, 4) is 0 Å². The summed E-state index contributed by atoms with van der Waals surface area (Å²) in [5, 5.41) is 9.37. The van der Waals surface area contributed by atoms with Crippen molar-refractivity contribution in [3.05, 3.63) is 0 Å². The molecule has 1 rings (SSSR count). The molecular weight excluding hydrogens is 218 g/mol. The minimum Gasteiger partial charge on any atom is -0.395 e. The fourth-order valence-electron chi connectivity index (χ4n) is 2.52. The molecule has 0 amide bonds. The van der Waals surface area contributed by atoms with E-state index in [1.807, 2.05) is 13.8 Å². The van der Waals surface area contributed by atoms with Crippen LogP contribution in [0, 0.1) is 5.92 Å². The van der Waals surface area contributed by atoms with Gasteiger partial charge >= 0.3 is 0 Å². The van der Waals surface area contributed by atoms with E-state index in [2.05, 4.69) is 11.8 Å². The summed E-state index contributed by atoms with van der Waals surface area (Å²) in [6, 6.07) is 0.318. The largest absolute Gasteiger partial charge is 0.395 e. The molecule has 2 atom stereocenters. The molecule has 1 aliphatic rings. The Kier molecular flexibility index (Phi) is 7.04. The fraction of sp³-hybridized carbons (Fsp3) is 1.00. The summed E-state index contributed by atoms with van der Waals surface area (Å²) in [5.41, 5.74) is 0. The molecule has 4 nitrogen and oxygen atoms in total. The highest BCUT2D eigenvalue weighted by Crippen LogP contribution is 2.23. The summed E-state index contributed by atoms with van der Waals surface area (Å²) < 4.78 is 11.1. The van der Waals surface area contributed by atoms with E-state index in [0.29, 0.717) is 25.2 Å². The maximum Gasteiger partial charge on any atom is 0.158 e. The lowest BCUT2D eigenvalue weighted by Gasteiger charge is -2.26. The lowest BCUT2D eigenvalue weighted by atomic mass is 10.0. The average molecular weight is 245 g/mol. The van der Waals surface area contributed by atoms with Gasteiger partial charge in [0.2, 0.25) is 0 Å². The molecule has 0 saturated carbocycles. The minimum atomic E-state index is -0.0970. The SMILES string of the molecule is CCOC(CCN1CCC(C)C1CO)OCC. The first-order chi connectivity index (χ1) is 8.22. The van der Waals surface area contributed by atoms with Crippen molar-refractivity contribution in [2.24, 2.45) is 5.92 Å². The van der Waals surface area contributed by atoms with Crippen molar-refractivity contribution in [3.63, 3.8) is 0 Å². The first-order valence-corrected chi connectivity index (χ1v) is 6.81. The van der Waals surface area contributed by atoms with Crippen LogP contribution in [0.5, 0.6) is 0 Å². The number of aliphatic hydroxyl groups is 1. The molecule has 1 aliphatic heterocycles. The molecule has 1 fully saturated rings. The summed E-state index contributed by atoms with van der Waals surface area (Å²) >= 11 is 0. The quantitative estimate of drug-likeness (QED) is 0.658. The summed E-state index contributed by atoms with van der Waals surface area (Å²) in [6.45, 7) is 9.84. The number of rotatable bonds is 8. The Balaban J connectivity index is 2.32. The van der Waals surface area contributed by atoms with Crippen LogP contribution in [0.4, 0.5) is 0 Å². The summed E-state index contributed by atoms with van der Waals surface area (Å²) in [6.07, 6.45) is 1.96. The van der Waals surface area contributed by atoms with Gasteiger partial charge in [0.15, 0.2) is 6.29 Å². The van der Waals surface area contributed by atoms with E-state index in [4.69, 9.17) is 9.47 Å².